The second-order valence-corrected chi connectivity index (χ2v) is 11.4. The van der Waals surface area contributed by atoms with Crippen LogP contribution < -0.4 is 0 Å². The molecule has 0 spiro atoms. The summed E-state index contributed by atoms with van der Waals surface area (Å²) in [4.78, 5) is 10.9. The summed E-state index contributed by atoms with van der Waals surface area (Å²) in [6.07, 6.45) is 15.5. The van der Waals surface area contributed by atoms with Gasteiger partial charge in [0, 0.05) is 0 Å². The zero-order valence-corrected chi connectivity index (χ0v) is 21.5. The summed E-state index contributed by atoms with van der Waals surface area (Å²) >= 11 is 0. The number of fused-ring (bicyclic) bond motifs is 1. The van der Waals surface area contributed by atoms with Crippen molar-refractivity contribution in [3.63, 3.8) is 0 Å². The quantitative estimate of drug-likeness (QED) is 0.313. The molecule has 0 aromatic heterocycles. The Morgan fingerprint density at radius 2 is 2.03 bits per heavy atom. The Bertz CT molecular complexity index is 677. The Hall–Kier alpha value is -1.13. The van der Waals surface area contributed by atoms with Crippen molar-refractivity contribution in [2.24, 2.45) is 17.8 Å². The van der Waals surface area contributed by atoms with Gasteiger partial charge in [0.25, 0.3) is 0 Å². The highest BCUT2D eigenvalue weighted by Gasteiger charge is 2.40. The van der Waals surface area contributed by atoms with E-state index in [2.05, 4.69) is 39.8 Å². The van der Waals surface area contributed by atoms with Gasteiger partial charge < -0.3 is 14.9 Å². The molecule has 1 aliphatic heterocycles. The van der Waals surface area contributed by atoms with E-state index in [4.69, 9.17) is 9.84 Å². The minimum absolute atomic E-state index is 0.0269. The molecule has 2 rings (SSSR count). The van der Waals surface area contributed by atoms with Crippen LogP contribution in [0.25, 0.3) is 0 Å². The summed E-state index contributed by atoms with van der Waals surface area (Å²) in [5.74, 6) is 0.217. The minimum atomic E-state index is -0.752. The zero-order chi connectivity index (χ0) is 23.9. The van der Waals surface area contributed by atoms with Crippen LogP contribution in [0, 0.1) is 17.8 Å². The predicted molar refractivity (Wildman–Crippen MR) is 132 cm³/mol. The Balaban J connectivity index is 1.70. The molecule has 1 aliphatic carbocycles. The number of rotatable bonds is 12. The van der Waals surface area contributed by atoms with Gasteiger partial charge >= 0.3 is 5.97 Å². The maximum Gasteiger partial charge on any atom is 0.306 e. The summed E-state index contributed by atoms with van der Waals surface area (Å²) in [5.41, 5.74) is 2.19. The fraction of sp³-hybridized carbons (Fsp3) is 0.821. The van der Waals surface area contributed by atoms with E-state index in [9.17, 15) is 9.90 Å². The molecular weight excluding hydrogens is 400 g/mol. The number of hydrogen-bond acceptors (Lipinski definition) is 3. The van der Waals surface area contributed by atoms with Gasteiger partial charge in [-0.25, -0.2) is 0 Å². The van der Waals surface area contributed by atoms with Gasteiger partial charge in [0.15, 0.2) is 0 Å². The van der Waals surface area contributed by atoms with Crippen LogP contribution in [-0.2, 0) is 9.53 Å². The van der Waals surface area contributed by atoms with Gasteiger partial charge in [-0.2, -0.15) is 0 Å². The molecule has 1 heterocycles. The van der Waals surface area contributed by atoms with E-state index in [-0.39, 0.29) is 11.5 Å². The molecule has 0 radical (unpaired) electrons. The second kappa shape index (κ2) is 11.8. The first kappa shape index (κ1) is 27.1. The molecule has 184 valence electrons. The van der Waals surface area contributed by atoms with E-state index in [0.717, 1.165) is 44.9 Å². The first-order chi connectivity index (χ1) is 14.9. The molecular formula is C28H48O4. The molecule has 1 fully saturated rings. The Morgan fingerprint density at radius 3 is 2.72 bits per heavy atom. The van der Waals surface area contributed by atoms with E-state index < -0.39 is 11.6 Å². The average molecular weight is 449 g/mol. The molecule has 2 N–H and O–H groups in total. The lowest BCUT2D eigenvalue weighted by Gasteiger charge is -2.46. The molecule has 0 bridgehead atoms. The number of carbonyl (C=O) groups is 1. The number of aliphatic hydroxyl groups is 1. The highest BCUT2D eigenvalue weighted by atomic mass is 16.5. The molecule has 4 heteroatoms. The second-order valence-electron chi connectivity index (χ2n) is 11.4. The topological polar surface area (TPSA) is 66.8 Å². The molecule has 4 nitrogen and oxygen atoms in total. The van der Waals surface area contributed by atoms with Crippen LogP contribution in [0.1, 0.15) is 112 Å². The van der Waals surface area contributed by atoms with Crippen molar-refractivity contribution in [1.82, 2.24) is 0 Å². The Morgan fingerprint density at radius 1 is 1.34 bits per heavy atom. The van der Waals surface area contributed by atoms with E-state index in [1.807, 2.05) is 6.92 Å². The maximum atomic E-state index is 10.9. The third-order valence-corrected chi connectivity index (χ3v) is 8.07. The van der Waals surface area contributed by atoms with Crippen LogP contribution in [0.3, 0.4) is 0 Å². The lowest BCUT2D eigenvalue weighted by Crippen LogP contribution is -2.44. The van der Waals surface area contributed by atoms with Crippen molar-refractivity contribution in [3.8, 4) is 0 Å². The van der Waals surface area contributed by atoms with E-state index >= 15 is 0 Å². The summed E-state index contributed by atoms with van der Waals surface area (Å²) in [6, 6.07) is 0. The molecule has 0 saturated carbocycles. The Kier molecular flexibility index (Phi) is 10.0. The fourth-order valence-corrected chi connectivity index (χ4v) is 5.20. The molecule has 0 amide bonds. The van der Waals surface area contributed by atoms with Crippen molar-refractivity contribution in [3.05, 3.63) is 23.3 Å². The van der Waals surface area contributed by atoms with Crippen LogP contribution in [0.5, 0.6) is 0 Å². The number of hydrogen-bond donors (Lipinski definition) is 2. The first-order valence-electron chi connectivity index (χ1n) is 12.9. The van der Waals surface area contributed by atoms with Crippen molar-refractivity contribution < 1.29 is 19.7 Å². The van der Waals surface area contributed by atoms with E-state index in [0.29, 0.717) is 30.8 Å². The normalized spacial score (nSPS) is 31.4. The fourth-order valence-electron chi connectivity index (χ4n) is 5.20. The maximum absolute atomic E-state index is 10.9. The number of carboxylic acids is 1. The van der Waals surface area contributed by atoms with Crippen LogP contribution in [0.2, 0.25) is 0 Å². The molecule has 6 atom stereocenters. The number of aliphatic carboxylic acids is 1. The molecule has 2 aliphatic rings. The van der Waals surface area contributed by atoms with Crippen LogP contribution in [0.4, 0.5) is 0 Å². The third-order valence-electron chi connectivity index (χ3n) is 8.07. The van der Waals surface area contributed by atoms with Crippen molar-refractivity contribution in [2.75, 3.05) is 0 Å². The smallest absolute Gasteiger partial charge is 0.306 e. The molecule has 0 aromatic rings. The average Bonchev–Trinajstić information content (AvgIpc) is 2.70. The van der Waals surface area contributed by atoms with Crippen LogP contribution in [0.15, 0.2) is 23.3 Å². The van der Waals surface area contributed by atoms with Crippen LogP contribution >= 0.6 is 0 Å². The Labute approximate surface area is 196 Å². The summed E-state index contributed by atoms with van der Waals surface area (Å²) < 4.78 is 6.67. The number of carboxylic acid groups (broad SMARTS) is 1. The largest absolute Gasteiger partial charge is 0.481 e. The van der Waals surface area contributed by atoms with Crippen molar-refractivity contribution in [2.45, 2.75) is 129 Å². The van der Waals surface area contributed by atoms with E-state index in [1.54, 1.807) is 6.92 Å². The third kappa shape index (κ3) is 8.33. The van der Waals surface area contributed by atoms with Gasteiger partial charge in [-0.3, -0.25) is 4.79 Å². The SMILES string of the molecule is CC(=CCCC1(C)CCC2=CCC(C)C(C)C2O1)CCCC(C)(O)CCCC(C)C(=O)O. The molecule has 32 heavy (non-hydrogen) atoms. The molecule has 6 unspecified atom stereocenters. The van der Waals surface area contributed by atoms with Crippen molar-refractivity contribution in [1.29, 1.82) is 0 Å². The molecule has 0 aromatic carbocycles. The van der Waals surface area contributed by atoms with Crippen LogP contribution in [-0.4, -0.2) is 33.5 Å². The number of ether oxygens (including phenoxy) is 1. The monoisotopic (exact) mass is 448 g/mol. The molecule has 1 saturated heterocycles. The lowest BCUT2D eigenvalue weighted by molar-refractivity contribution is -0.141. The minimum Gasteiger partial charge on any atom is -0.481 e. The van der Waals surface area contributed by atoms with Gasteiger partial charge in [-0.1, -0.05) is 38.5 Å². The van der Waals surface area contributed by atoms with Gasteiger partial charge in [0.2, 0.25) is 0 Å². The summed E-state index contributed by atoms with van der Waals surface area (Å²) in [7, 11) is 0. The predicted octanol–water partition coefficient (Wildman–Crippen LogP) is 7.07. The van der Waals surface area contributed by atoms with Crippen molar-refractivity contribution >= 4 is 5.97 Å². The van der Waals surface area contributed by atoms with E-state index in [1.165, 1.54) is 24.0 Å². The standard InChI is InChI=1S/C28H48O4/c1-20(10-7-16-27(5,31)17-9-12-22(3)26(29)30)11-8-18-28(6)19-15-24-14-13-21(2)23(4)25(24)32-28/h11,14,21-23,25,31H,7-10,12-13,15-19H2,1-6H3,(H,29,30). The lowest BCUT2D eigenvalue weighted by atomic mass is 9.74. The van der Waals surface area contributed by atoms with Gasteiger partial charge in [0.05, 0.1) is 23.2 Å². The van der Waals surface area contributed by atoms with Gasteiger partial charge in [0.1, 0.15) is 0 Å². The summed E-state index contributed by atoms with van der Waals surface area (Å²) in [5, 5.41) is 19.6. The van der Waals surface area contributed by atoms with Gasteiger partial charge in [-0.05, 0) is 109 Å². The highest BCUT2D eigenvalue weighted by molar-refractivity contribution is 5.69. The number of allylic oxidation sites excluding steroid dienone is 3. The zero-order valence-electron chi connectivity index (χ0n) is 21.5. The summed E-state index contributed by atoms with van der Waals surface area (Å²) in [6.45, 7) is 12.8. The highest BCUT2D eigenvalue weighted by Crippen LogP contribution is 2.43. The van der Waals surface area contributed by atoms with Gasteiger partial charge in [-0.15, -0.1) is 0 Å². The first-order valence-corrected chi connectivity index (χ1v) is 12.9.